The molecule has 1 aliphatic carbocycles. The first-order valence-corrected chi connectivity index (χ1v) is 6.10. The van der Waals surface area contributed by atoms with Crippen molar-refractivity contribution in [3.05, 3.63) is 12.3 Å². The van der Waals surface area contributed by atoms with Crippen molar-refractivity contribution in [2.45, 2.75) is 31.5 Å². The summed E-state index contributed by atoms with van der Waals surface area (Å²) < 4.78 is 0. The SMILES string of the molecule is OC1CC2CCC3Nc4cc[nH]c4N=C3C2=N1. The number of aromatic nitrogens is 1. The lowest BCUT2D eigenvalue weighted by atomic mass is 9.81. The van der Waals surface area contributed by atoms with Gasteiger partial charge in [0.25, 0.3) is 0 Å². The Kier molecular flexibility index (Phi) is 1.77. The Morgan fingerprint density at radius 1 is 1.29 bits per heavy atom. The predicted octanol–water partition coefficient (Wildman–Crippen LogP) is 1.45. The smallest absolute Gasteiger partial charge is 0.153 e. The zero-order valence-electron chi connectivity index (χ0n) is 9.35. The molecule has 88 valence electrons. The van der Waals surface area contributed by atoms with Gasteiger partial charge in [0.15, 0.2) is 5.82 Å². The van der Waals surface area contributed by atoms with Crippen LogP contribution in [-0.2, 0) is 0 Å². The number of H-pyrrole nitrogens is 1. The molecule has 0 amide bonds. The van der Waals surface area contributed by atoms with E-state index in [2.05, 4.69) is 20.3 Å². The molecule has 0 aromatic carbocycles. The lowest BCUT2D eigenvalue weighted by Gasteiger charge is -2.32. The highest BCUT2D eigenvalue weighted by molar-refractivity contribution is 6.47. The Morgan fingerprint density at radius 3 is 3.18 bits per heavy atom. The van der Waals surface area contributed by atoms with Crippen molar-refractivity contribution < 1.29 is 5.11 Å². The van der Waals surface area contributed by atoms with E-state index in [9.17, 15) is 5.11 Å². The van der Waals surface area contributed by atoms with Crippen LogP contribution in [0.4, 0.5) is 11.5 Å². The number of aliphatic hydroxyl groups excluding tert-OH is 1. The molecule has 4 rings (SSSR count). The van der Waals surface area contributed by atoms with Crippen LogP contribution in [0.5, 0.6) is 0 Å². The molecule has 1 aromatic heterocycles. The molecule has 0 bridgehead atoms. The highest BCUT2D eigenvalue weighted by Crippen LogP contribution is 2.37. The maximum Gasteiger partial charge on any atom is 0.153 e. The quantitative estimate of drug-likeness (QED) is 0.631. The number of anilines is 1. The van der Waals surface area contributed by atoms with Crippen LogP contribution in [0.1, 0.15) is 19.3 Å². The average Bonchev–Trinajstić information content (AvgIpc) is 2.90. The summed E-state index contributed by atoms with van der Waals surface area (Å²) in [4.78, 5) is 12.1. The van der Waals surface area contributed by atoms with E-state index in [1.807, 2.05) is 12.3 Å². The van der Waals surface area contributed by atoms with Crippen molar-refractivity contribution in [3.63, 3.8) is 0 Å². The lowest BCUT2D eigenvalue weighted by Crippen LogP contribution is -2.43. The maximum absolute atomic E-state index is 9.63. The van der Waals surface area contributed by atoms with Crippen LogP contribution in [0.25, 0.3) is 0 Å². The van der Waals surface area contributed by atoms with Crippen LogP contribution in [-0.4, -0.2) is 33.8 Å². The highest BCUT2D eigenvalue weighted by Gasteiger charge is 2.39. The van der Waals surface area contributed by atoms with E-state index in [1.165, 1.54) is 0 Å². The van der Waals surface area contributed by atoms with E-state index in [1.54, 1.807) is 0 Å². The Labute approximate surface area is 98.7 Å². The number of nitrogens with zero attached hydrogens (tertiary/aromatic N) is 2. The summed E-state index contributed by atoms with van der Waals surface area (Å²) in [5.41, 5.74) is 3.10. The average molecular weight is 230 g/mol. The summed E-state index contributed by atoms with van der Waals surface area (Å²) in [6.07, 6.45) is 4.29. The second-order valence-corrected chi connectivity index (χ2v) is 4.94. The molecule has 5 heteroatoms. The number of rotatable bonds is 0. The van der Waals surface area contributed by atoms with Gasteiger partial charge < -0.3 is 15.4 Å². The summed E-state index contributed by atoms with van der Waals surface area (Å²) in [7, 11) is 0. The summed E-state index contributed by atoms with van der Waals surface area (Å²) in [5.74, 6) is 1.28. The Morgan fingerprint density at radius 2 is 2.24 bits per heavy atom. The summed E-state index contributed by atoms with van der Waals surface area (Å²) in [5, 5.41) is 13.1. The van der Waals surface area contributed by atoms with E-state index < -0.39 is 6.23 Å². The molecular weight excluding hydrogens is 216 g/mol. The molecule has 1 saturated carbocycles. The van der Waals surface area contributed by atoms with E-state index >= 15 is 0 Å². The first-order valence-electron chi connectivity index (χ1n) is 6.10. The van der Waals surface area contributed by atoms with Crippen molar-refractivity contribution in [3.8, 4) is 0 Å². The topological polar surface area (TPSA) is 72.8 Å². The predicted molar refractivity (Wildman–Crippen MR) is 66.1 cm³/mol. The molecule has 0 radical (unpaired) electrons. The van der Waals surface area contributed by atoms with Crippen LogP contribution < -0.4 is 5.32 Å². The molecule has 0 saturated heterocycles. The van der Waals surface area contributed by atoms with Crippen molar-refractivity contribution in [2.24, 2.45) is 15.9 Å². The van der Waals surface area contributed by atoms with E-state index in [0.29, 0.717) is 5.92 Å². The Hall–Kier alpha value is -1.62. The molecule has 5 nitrogen and oxygen atoms in total. The Balaban J connectivity index is 1.82. The molecule has 1 aromatic rings. The standard InChI is InChI=1S/C12H14N4O/c17-9-5-6-1-2-7-11(10(6)15-9)16-12-8(14-7)3-4-13-12/h3-4,6-7,9,13-14,17H,1-2,5H2. The van der Waals surface area contributed by atoms with Crippen molar-refractivity contribution >= 4 is 22.9 Å². The molecule has 0 spiro atoms. The van der Waals surface area contributed by atoms with Gasteiger partial charge in [-0.3, -0.25) is 4.99 Å². The molecule has 3 atom stereocenters. The van der Waals surface area contributed by atoms with Gasteiger partial charge in [-0.05, 0) is 18.9 Å². The third-order valence-corrected chi connectivity index (χ3v) is 3.85. The van der Waals surface area contributed by atoms with Gasteiger partial charge in [0, 0.05) is 18.5 Å². The number of fused-ring (bicyclic) bond motifs is 4. The fourth-order valence-electron chi connectivity index (χ4n) is 3.05. The zero-order chi connectivity index (χ0) is 11.4. The molecular formula is C12H14N4O. The monoisotopic (exact) mass is 230 g/mol. The number of hydrogen-bond donors (Lipinski definition) is 3. The van der Waals surface area contributed by atoms with Crippen LogP contribution in [0.2, 0.25) is 0 Å². The minimum Gasteiger partial charge on any atom is -0.374 e. The molecule has 2 aliphatic heterocycles. The van der Waals surface area contributed by atoms with Gasteiger partial charge >= 0.3 is 0 Å². The van der Waals surface area contributed by atoms with Crippen molar-refractivity contribution in [1.29, 1.82) is 0 Å². The molecule has 3 aliphatic rings. The fourth-order valence-corrected chi connectivity index (χ4v) is 3.05. The largest absolute Gasteiger partial charge is 0.374 e. The van der Waals surface area contributed by atoms with E-state index in [0.717, 1.165) is 42.2 Å². The van der Waals surface area contributed by atoms with Crippen molar-refractivity contribution in [2.75, 3.05) is 5.32 Å². The Bertz CT molecular complexity index is 530. The van der Waals surface area contributed by atoms with Gasteiger partial charge in [0.1, 0.15) is 6.23 Å². The van der Waals surface area contributed by atoms with Crippen LogP contribution >= 0.6 is 0 Å². The molecule has 3 unspecified atom stereocenters. The first kappa shape index (κ1) is 9.41. The second-order valence-electron chi connectivity index (χ2n) is 4.94. The number of aliphatic hydroxyl groups is 1. The zero-order valence-corrected chi connectivity index (χ0v) is 9.35. The minimum atomic E-state index is -0.526. The normalized spacial score (nSPS) is 34.1. The second kappa shape index (κ2) is 3.20. The van der Waals surface area contributed by atoms with Gasteiger partial charge in [-0.2, -0.15) is 0 Å². The third kappa shape index (κ3) is 1.29. The van der Waals surface area contributed by atoms with Gasteiger partial charge in [-0.15, -0.1) is 0 Å². The summed E-state index contributed by atoms with van der Waals surface area (Å²) in [6.45, 7) is 0. The van der Waals surface area contributed by atoms with Gasteiger partial charge in [0.05, 0.1) is 23.2 Å². The fraction of sp³-hybridized carbons (Fsp3) is 0.500. The summed E-state index contributed by atoms with van der Waals surface area (Å²) in [6, 6.07) is 2.27. The molecule has 1 fully saturated rings. The van der Waals surface area contributed by atoms with Crippen LogP contribution in [0.15, 0.2) is 22.2 Å². The van der Waals surface area contributed by atoms with Crippen molar-refractivity contribution in [1.82, 2.24) is 4.98 Å². The number of aliphatic imine (C=N–C) groups is 2. The molecule has 17 heavy (non-hydrogen) atoms. The summed E-state index contributed by atoms with van der Waals surface area (Å²) >= 11 is 0. The lowest BCUT2D eigenvalue weighted by molar-refractivity contribution is 0.175. The number of hydrogen-bond acceptors (Lipinski definition) is 4. The van der Waals surface area contributed by atoms with Gasteiger partial charge in [0.2, 0.25) is 0 Å². The first-order chi connectivity index (χ1) is 8.31. The number of aromatic amines is 1. The van der Waals surface area contributed by atoms with Crippen LogP contribution in [0, 0.1) is 5.92 Å². The highest BCUT2D eigenvalue weighted by atomic mass is 16.3. The van der Waals surface area contributed by atoms with Gasteiger partial charge in [-0.1, -0.05) is 0 Å². The van der Waals surface area contributed by atoms with E-state index in [-0.39, 0.29) is 6.04 Å². The third-order valence-electron chi connectivity index (χ3n) is 3.85. The minimum absolute atomic E-state index is 0.263. The number of nitrogens with one attached hydrogen (secondary N) is 2. The molecule has 3 heterocycles. The van der Waals surface area contributed by atoms with Crippen LogP contribution in [0.3, 0.4) is 0 Å². The maximum atomic E-state index is 9.63. The molecule has 3 N–H and O–H groups in total. The van der Waals surface area contributed by atoms with Gasteiger partial charge in [-0.25, -0.2) is 4.99 Å². The van der Waals surface area contributed by atoms with E-state index in [4.69, 9.17) is 0 Å².